The molecule has 0 saturated carbocycles. The Labute approximate surface area is 208 Å². The number of carbonyl (C=O) groups excluding carboxylic acids is 1. The van der Waals surface area contributed by atoms with Crippen LogP contribution in [0.5, 0.6) is 0 Å². The Morgan fingerprint density at radius 1 is 0.971 bits per heavy atom. The number of anilines is 2. The molecule has 0 bridgehead atoms. The highest BCUT2D eigenvalue weighted by Crippen LogP contribution is 2.36. The van der Waals surface area contributed by atoms with Crippen LogP contribution in [0.4, 0.5) is 15.8 Å². The fraction of sp³-hybridized carbons (Fsp3) is 0.536. The van der Waals surface area contributed by atoms with E-state index in [-0.39, 0.29) is 29.8 Å². The highest BCUT2D eigenvalue weighted by Gasteiger charge is 2.29. The molecule has 0 spiro atoms. The van der Waals surface area contributed by atoms with Crippen LogP contribution in [0.15, 0.2) is 42.5 Å². The summed E-state index contributed by atoms with van der Waals surface area (Å²) in [6, 6.07) is 13.1. The minimum atomic E-state index is -0.466. The minimum Gasteiger partial charge on any atom is -0.346 e. The SMILES string of the molecule is CC(C)N(C(=O)c1ccc(N(c2cc(C3OCCO3)ccc2F)C2CCN(C)CC2)cc1)C(C)C. The summed E-state index contributed by atoms with van der Waals surface area (Å²) in [5.74, 6) is -0.271. The molecule has 0 atom stereocenters. The fourth-order valence-electron chi connectivity index (χ4n) is 5.19. The van der Waals surface area contributed by atoms with Crippen LogP contribution in [0.25, 0.3) is 0 Å². The largest absolute Gasteiger partial charge is 0.346 e. The lowest BCUT2D eigenvalue weighted by atomic mass is 10.00. The second kappa shape index (κ2) is 11.1. The molecular formula is C28H38FN3O3. The van der Waals surface area contributed by atoms with Gasteiger partial charge in [0, 0.05) is 34.9 Å². The van der Waals surface area contributed by atoms with Gasteiger partial charge in [0.25, 0.3) is 5.91 Å². The van der Waals surface area contributed by atoms with Crippen LogP contribution in [0.1, 0.15) is 62.7 Å². The number of benzene rings is 2. The van der Waals surface area contributed by atoms with Crippen LogP contribution >= 0.6 is 0 Å². The van der Waals surface area contributed by atoms with Crippen molar-refractivity contribution in [2.24, 2.45) is 0 Å². The molecule has 7 heteroatoms. The van der Waals surface area contributed by atoms with Crippen LogP contribution in [-0.2, 0) is 9.47 Å². The van der Waals surface area contributed by atoms with Crippen LogP contribution in [0, 0.1) is 5.82 Å². The molecule has 2 aliphatic rings. The van der Waals surface area contributed by atoms with Crippen molar-refractivity contribution in [2.45, 2.75) is 65.0 Å². The Hall–Kier alpha value is -2.48. The number of carbonyl (C=O) groups is 1. The molecule has 6 nitrogen and oxygen atoms in total. The van der Waals surface area contributed by atoms with Gasteiger partial charge in [0.05, 0.1) is 18.9 Å². The molecule has 0 radical (unpaired) electrons. The average Bonchev–Trinajstić information content (AvgIpc) is 3.36. The molecule has 2 aromatic carbocycles. The van der Waals surface area contributed by atoms with E-state index in [0.29, 0.717) is 24.5 Å². The fourth-order valence-corrected chi connectivity index (χ4v) is 5.19. The molecule has 4 rings (SSSR count). The normalized spacial score (nSPS) is 17.9. The molecule has 2 heterocycles. The Balaban J connectivity index is 1.69. The van der Waals surface area contributed by atoms with Gasteiger partial charge in [-0.25, -0.2) is 4.39 Å². The van der Waals surface area contributed by atoms with E-state index in [4.69, 9.17) is 9.47 Å². The van der Waals surface area contributed by atoms with E-state index >= 15 is 4.39 Å². The van der Waals surface area contributed by atoms with E-state index in [1.165, 1.54) is 6.07 Å². The van der Waals surface area contributed by atoms with Crippen molar-refractivity contribution >= 4 is 17.3 Å². The van der Waals surface area contributed by atoms with Crippen LogP contribution < -0.4 is 4.90 Å². The molecule has 2 fully saturated rings. The summed E-state index contributed by atoms with van der Waals surface area (Å²) in [6.45, 7) is 11.1. The molecule has 0 aromatic heterocycles. The van der Waals surface area contributed by atoms with Crippen molar-refractivity contribution < 1.29 is 18.7 Å². The number of rotatable bonds is 7. The topological polar surface area (TPSA) is 45.3 Å². The zero-order valence-corrected chi connectivity index (χ0v) is 21.5. The summed E-state index contributed by atoms with van der Waals surface area (Å²) < 4.78 is 26.7. The predicted molar refractivity (Wildman–Crippen MR) is 137 cm³/mol. The number of hydrogen-bond acceptors (Lipinski definition) is 5. The monoisotopic (exact) mass is 483 g/mol. The maximum Gasteiger partial charge on any atom is 0.254 e. The van der Waals surface area contributed by atoms with Crippen molar-refractivity contribution in [2.75, 3.05) is 38.3 Å². The van der Waals surface area contributed by atoms with Crippen molar-refractivity contribution in [1.82, 2.24) is 9.80 Å². The van der Waals surface area contributed by atoms with Gasteiger partial charge in [0.15, 0.2) is 6.29 Å². The third-order valence-corrected chi connectivity index (χ3v) is 6.92. The predicted octanol–water partition coefficient (Wildman–Crippen LogP) is 5.36. The summed E-state index contributed by atoms with van der Waals surface area (Å²) in [5.41, 5.74) is 2.84. The molecular weight excluding hydrogens is 445 g/mol. The summed E-state index contributed by atoms with van der Waals surface area (Å²) in [5, 5.41) is 0. The third-order valence-electron chi connectivity index (χ3n) is 6.92. The lowest BCUT2D eigenvalue weighted by Crippen LogP contribution is -2.42. The van der Waals surface area contributed by atoms with E-state index < -0.39 is 6.29 Å². The lowest BCUT2D eigenvalue weighted by Gasteiger charge is -2.39. The Bertz CT molecular complexity index is 989. The van der Waals surface area contributed by atoms with E-state index in [2.05, 4.69) is 16.8 Å². The summed E-state index contributed by atoms with van der Waals surface area (Å²) in [6.07, 6.45) is 1.38. The molecule has 0 aliphatic carbocycles. The molecule has 2 aliphatic heterocycles. The second-order valence-corrected chi connectivity index (χ2v) is 10.1. The molecule has 0 unspecified atom stereocenters. The first-order chi connectivity index (χ1) is 16.8. The van der Waals surface area contributed by atoms with Gasteiger partial charge in [-0.05, 0) is 97.1 Å². The van der Waals surface area contributed by atoms with Gasteiger partial charge in [-0.1, -0.05) is 6.07 Å². The highest BCUT2D eigenvalue weighted by molar-refractivity contribution is 5.95. The van der Waals surface area contributed by atoms with Crippen molar-refractivity contribution in [3.63, 3.8) is 0 Å². The van der Waals surface area contributed by atoms with Crippen LogP contribution in [0.2, 0.25) is 0 Å². The van der Waals surface area contributed by atoms with E-state index in [1.54, 1.807) is 6.07 Å². The van der Waals surface area contributed by atoms with E-state index in [0.717, 1.165) is 37.2 Å². The number of hydrogen-bond donors (Lipinski definition) is 0. The summed E-state index contributed by atoms with van der Waals surface area (Å²) in [4.78, 5) is 19.5. The van der Waals surface area contributed by atoms with Gasteiger partial charge in [-0.3, -0.25) is 4.79 Å². The number of piperidine rings is 1. The van der Waals surface area contributed by atoms with Crippen LogP contribution in [0.3, 0.4) is 0 Å². The van der Waals surface area contributed by atoms with Crippen LogP contribution in [-0.4, -0.2) is 67.2 Å². The Morgan fingerprint density at radius 2 is 1.57 bits per heavy atom. The molecule has 190 valence electrons. The zero-order valence-electron chi connectivity index (χ0n) is 21.5. The average molecular weight is 484 g/mol. The smallest absolute Gasteiger partial charge is 0.254 e. The molecule has 1 amide bonds. The van der Waals surface area contributed by atoms with Crippen molar-refractivity contribution in [1.29, 1.82) is 0 Å². The highest BCUT2D eigenvalue weighted by atomic mass is 19.1. The molecule has 2 saturated heterocycles. The quantitative estimate of drug-likeness (QED) is 0.530. The van der Waals surface area contributed by atoms with E-state index in [1.807, 2.05) is 62.9 Å². The number of likely N-dealkylation sites (tertiary alicyclic amines) is 1. The van der Waals surface area contributed by atoms with Gasteiger partial charge in [-0.2, -0.15) is 0 Å². The Morgan fingerprint density at radius 3 is 2.14 bits per heavy atom. The first-order valence-corrected chi connectivity index (χ1v) is 12.7. The maximum atomic E-state index is 15.3. The van der Waals surface area contributed by atoms with Gasteiger partial charge in [-0.15, -0.1) is 0 Å². The lowest BCUT2D eigenvalue weighted by molar-refractivity contribution is -0.0441. The number of nitrogens with zero attached hydrogens (tertiary/aromatic N) is 3. The Kier molecular flexibility index (Phi) is 8.09. The van der Waals surface area contributed by atoms with Gasteiger partial charge in [0.1, 0.15) is 5.82 Å². The zero-order chi connectivity index (χ0) is 25.1. The van der Waals surface area contributed by atoms with E-state index in [9.17, 15) is 4.79 Å². The van der Waals surface area contributed by atoms with Crippen molar-refractivity contribution in [3.8, 4) is 0 Å². The second-order valence-electron chi connectivity index (χ2n) is 10.1. The first kappa shape index (κ1) is 25.6. The summed E-state index contributed by atoms with van der Waals surface area (Å²) in [7, 11) is 2.12. The summed E-state index contributed by atoms with van der Waals surface area (Å²) >= 11 is 0. The maximum absolute atomic E-state index is 15.3. The third kappa shape index (κ3) is 5.68. The molecule has 2 aromatic rings. The van der Waals surface area contributed by atoms with Crippen molar-refractivity contribution in [3.05, 3.63) is 59.4 Å². The van der Waals surface area contributed by atoms with Gasteiger partial charge >= 0.3 is 0 Å². The number of amides is 1. The van der Waals surface area contributed by atoms with Gasteiger partial charge in [0.2, 0.25) is 0 Å². The standard InChI is InChI=1S/C28H38FN3O3/c1-19(2)31(20(3)4)27(33)21-6-9-23(10-7-21)32(24-12-14-30(5)15-13-24)26-18-22(8-11-25(26)29)28-34-16-17-35-28/h6-11,18-20,24,28H,12-17H2,1-5H3. The molecule has 35 heavy (non-hydrogen) atoms. The van der Waals surface area contributed by atoms with Gasteiger partial charge < -0.3 is 24.2 Å². The number of halogens is 1. The first-order valence-electron chi connectivity index (χ1n) is 12.7. The molecule has 0 N–H and O–H groups in total. The minimum absolute atomic E-state index is 0.0103. The number of ether oxygens (including phenoxy) is 2.